The maximum absolute atomic E-state index is 13.1. The van der Waals surface area contributed by atoms with Crippen molar-refractivity contribution in [1.82, 2.24) is 4.90 Å². The van der Waals surface area contributed by atoms with Gasteiger partial charge in [-0.15, -0.1) is 0 Å². The number of alkyl halides is 6. The number of nitrogens with zero attached hydrogens (tertiary/aromatic N) is 1. The van der Waals surface area contributed by atoms with Gasteiger partial charge < -0.3 is 15.0 Å². The molecule has 0 bridgehead atoms. The van der Waals surface area contributed by atoms with Crippen molar-refractivity contribution in [2.75, 3.05) is 25.0 Å². The van der Waals surface area contributed by atoms with E-state index in [9.17, 15) is 35.9 Å². The van der Waals surface area contributed by atoms with E-state index in [1.54, 1.807) is 12.1 Å². The maximum Gasteiger partial charge on any atom is 0.404 e. The van der Waals surface area contributed by atoms with Gasteiger partial charge in [0, 0.05) is 25.2 Å². The van der Waals surface area contributed by atoms with Crippen LogP contribution < -0.4 is 10.1 Å². The van der Waals surface area contributed by atoms with Crippen molar-refractivity contribution in [3.8, 4) is 5.75 Å². The van der Waals surface area contributed by atoms with E-state index in [-0.39, 0.29) is 18.1 Å². The van der Waals surface area contributed by atoms with Crippen LogP contribution in [0.1, 0.15) is 18.4 Å². The molecule has 0 spiro atoms. The lowest BCUT2D eigenvalue weighted by molar-refractivity contribution is -0.334. The van der Waals surface area contributed by atoms with Gasteiger partial charge in [0.15, 0.2) is 12.0 Å². The van der Waals surface area contributed by atoms with E-state index in [4.69, 9.17) is 4.74 Å². The first-order chi connectivity index (χ1) is 12.9. The summed E-state index contributed by atoms with van der Waals surface area (Å²) in [6.07, 6.45) is -11.5. The average molecular weight is 410 g/mol. The molecule has 0 aliphatic carbocycles. The Kier molecular flexibility index (Phi) is 4.96. The molecule has 3 rings (SSSR count). The number of carbonyl (C=O) groups excluding carboxylic acids is 2. The molecule has 11 heteroatoms. The largest absolute Gasteiger partial charge is 0.484 e. The molecule has 2 aliphatic rings. The van der Waals surface area contributed by atoms with Gasteiger partial charge in [-0.1, -0.05) is 0 Å². The zero-order valence-electron chi connectivity index (χ0n) is 14.4. The summed E-state index contributed by atoms with van der Waals surface area (Å²) in [5.74, 6) is -0.857. The highest BCUT2D eigenvalue weighted by molar-refractivity contribution is 5.94. The second-order valence-electron chi connectivity index (χ2n) is 6.80. The highest BCUT2D eigenvalue weighted by Crippen LogP contribution is 2.55. The predicted octanol–water partition coefficient (Wildman–Crippen LogP) is 3.29. The summed E-state index contributed by atoms with van der Waals surface area (Å²) >= 11 is 0. The van der Waals surface area contributed by atoms with Crippen molar-refractivity contribution in [3.63, 3.8) is 0 Å². The maximum atomic E-state index is 13.1. The molecule has 0 saturated carbocycles. The third-order valence-corrected chi connectivity index (χ3v) is 5.04. The summed E-state index contributed by atoms with van der Waals surface area (Å²) in [5, 5.41) is 2.65. The van der Waals surface area contributed by atoms with Crippen LogP contribution in [0, 0.1) is 5.41 Å². The lowest BCUT2D eigenvalue weighted by Crippen LogP contribution is -2.52. The molecule has 2 heterocycles. The predicted molar refractivity (Wildman–Crippen MR) is 84.6 cm³/mol. The molecule has 1 aromatic carbocycles. The number of amides is 2. The molecule has 0 radical (unpaired) electrons. The van der Waals surface area contributed by atoms with Gasteiger partial charge in [0.25, 0.3) is 5.91 Å². The second kappa shape index (κ2) is 6.85. The van der Waals surface area contributed by atoms with Gasteiger partial charge in [-0.05, 0) is 36.6 Å². The molecular formula is C17H16F6N2O3. The van der Waals surface area contributed by atoms with E-state index in [2.05, 4.69) is 5.32 Å². The fourth-order valence-electron chi connectivity index (χ4n) is 3.33. The van der Waals surface area contributed by atoms with Gasteiger partial charge in [-0.3, -0.25) is 9.59 Å². The molecular weight excluding hydrogens is 394 g/mol. The van der Waals surface area contributed by atoms with Crippen molar-refractivity contribution < 1.29 is 40.7 Å². The minimum Gasteiger partial charge on any atom is -0.484 e. The molecule has 0 unspecified atom stereocenters. The van der Waals surface area contributed by atoms with Crippen LogP contribution in [-0.2, 0) is 16.0 Å². The molecule has 2 aliphatic heterocycles. The van der Waals surface area contributed by atoms with Crippen LogP contribution in [0.25, 0.3) is 0 Å². The van der Waals surface area contributed by atoms with Crippen molar-refractivity contribution in [2.45, 2.75) is 31.6 Å². The first kappa shape index (κ1) is 20.3. The highest BCUT2D eigenvalue weighted by Gasteiger charge is 2.72. The molecule has 28 heavy (non-hydrogen) atoms. The number of likely N-dealkylation sites (tertiary alicyclic amines) is 1. The Morgan fingerprint density at radius 3 is 2.43 bits per heavy atom. The van der Waals surface area contributed by atoms with Crippen LogP contribution in [0.3, 0.4) is 0 Å². The Morgan fingerprint density at radius 1 is 1.14 bits per heavy atom. The van der Waals surface area contributed by atoms with Crippen LogP contribution in [-0.4, -0.2) is 48.8 Å². The number of nitrogens with one attached hydrogen (secondary N) is 1. The van der Waals surface area contributed by atoms with Crippen molar-refractivity contribution in [3.05, 3.63) is 23.8 Å². The number of hydrogen-bond donors (Lipinski definition) is 1. The number of halogens is 6. The Hall–Kier alpha value is -2.46. The van der Waals surface area contributed by atoms with Crippen LogP contribution in [0.5, 0.6) is 5.75 Å². The molecule has 1 fully saturated rings. The van der Waals surface area contributed by atoms with Gasteiger partial charge in [-0.2, -0.15) is 26.3 Å². The van der Waals surface area contributed by atoms with Crippen molar-refractivity contribution in [2.24, 2.45) is 5.41 Å². The first-order valence-corrected chi connectivity index (χ1v) is 8.40. The number of carbonyl (C=O) groups is 2. The molecule has 0 atom stereocenters. The minimum atomic E-state index is -5.51. The third-order valence-electron chi connectivity index (χ3n) is 5.04. The quantitative estimate of drug-likeness (QED) is 0.779. The molecule has 1 N–H and O–H groups in total. The lowest BCUT2D eigenvalue weighted by atomic mass is 9.85. The van der Waals surface area contributed by atoms with Crippen molar-refractivity contribution >= 4 is 17.5 Å². The number of benzene rings is 1. The average Bonchev–Trinajstić information content (AvgIpc) is 3.06. The molecule has 1 saturated heterocycles. The topological polar surface area (TPSA) is 58.6 Å². The summed E-state index contributed by atoms with van der Waals surface area (Å²) in [7, 11) is 0. The molecule has 154 valence electrons. The Labute approximate surface area is 155 Å². The van der Waals surface area contributed by atoms with Crippen LogP contribution in [0.15, 0.2) is 18.2 Å². The zero-order chi connectivity index (χ0) is 20.7. The zero-order valence-corrected chi connectivity index (χ0v) is 14.4. The number of hydrogen-bond acceptors (Lipinski definition) is 3. The van der Waals surface area contributed by atoms with E-state index < -0.39 is 49.8 Å². The smallest absolute Gasteiger partial charge is 0.404 e. The lowest BCUT2D eigenvalue weighted by Gasteiger charge is -2.33. The second-order valence-corrected chi connectivity index (χ2v) is 6.80. The standard InChI is InChI=1S/C17H16F6N2O3/c18-16(19,20)15(17(21,22)23)5-6-25(9-15)14(27)8-28-11-2-3-12-10(7-11)1-4-13(26)24-12/h2-3,7H,1,4-6,8-9H2,(H,24,26). The van der Waals surface area contributed by atoms with E-state index in [1.165, 1.54) is 6.07 Å². The van der Waals surface area contributed by atoms with Gasteiger partial charge in [0.1, 0.15) is 5.75 Å². The Balaban J connectivity index is 1.64. The van der Waals surface area contributed by atoms with Gasteiger partial charge >= 0.3 is 12.4 Å². The minimum absolute atomic E-state index is 0.136. The van der Waals surface area contributed by atoms with Crippen LogP contribution in [0.4, 0.5) is 32.0 Å². The fourth-order valence-corrected chi connectivity index (χ4v) is 3.33. The Bertz CT molecular complexity index is 776. The summed E-state index contributed by atoms with van der Waals surface area (Å²) in [5.41, 5.74) is -2.56. The Morgan fingerprint density at radius 2 is 1.82 bits per heavy atom. The van der Waals surface area contributed by atoms with Gasteiger partial charge in [0.05, 0.1) is 0 Å². The van der Waals surface area contributed by atoms with Crippen LogP contribution >= 0.6 is 0 Å². The number of fused-ring (bicyclic) bond motifs is 1. The number of ether oxygens (including phenoxy) is 1. The third kappa shape index (κ3) is 3.61. The molecule has 0 aromatic heterocycles. The first-order valence-electron chi connectivity index (χ1n) is 8.40. The van der Waals surface area contributed by atoms with Gasteiger partial charge in [-0.25, -0.2) is 0 Å². The van der Waals surface area contributed by atoms with Gasteiger partial charge in [0.2, 0.25) is 5.91 Å². The number of anilines is 1. The number of rotatable bonds is 3. The SMILES string of the molecule is O=C1CCc2cc(OCC(=O)N3CCC(C(F)(F)F)(C(F)(F)F)C3)ccc2N1. The molecule has 1 aromatic rings. The van der Waals surface area contributed by atoms with E-state index >= 15 is 0 Å². The molecule has 5 nitrogen and oxygen atoms in total. The molecule has 2 amide bonds. The number of aryl methyl sites for hydroxylation is 1. The van der Waals surface area contributed by atoms with Crippen LogP contribution in [0.2, 0.25) is 0 Å². The van der Waals surface area contributed by atoms with Crippen molar-refractivity contribution in [1.29, 1.82) is 0 Å². The summed E-state index contributed by atoms with van der Waals surface area (Å²) < 4.78 is 83.7. The van der Waals surface area contributed by atoms with E-state index in [1.807, 2.05) is 0 Å². The van der Waals surface area contributed by atoms with E-state index in [0.717, 1.165) is 5.56 Å². The van der Waals surface area contributed by atoms with E-state index in [0.29, 0.717) is 17.0 Å². The summed E-state index contributed by atoms with van der Waals surface area (Å²) in [6, 6.07) is 4.58. The highest BCUT2D eigenvalue weighted by atomic mass is 19.4. The monoisotopic (exact) mass is 410 g/mol. The fraction of sp³-hybridized carbons (Fsp3) is 0.529. The summed E-state index contributed by atoms with van der Waals surface area (Å²) in [6.45, 7) is -2.81. The normalized spacial score (nSPS) is 19.2. The summed E-state index contributed by atoms with van der Waals surface area (Å²) in [4.78, 5) is 23.9.